The zero-order valence-electron chi connectivity index (χ0n) is 14.1. The Kier molecular flexibility index (Phi) is 11.2. The van der Waals surface area contributed by atoms with Gasteiger partial charge in [-0.15, -0.1) is 6.58 Å². The SMILES string of the molecule is C=CCNC(=NCC(CC(C)C)N(CC)CC)NCC. The van der Waals surface area contributed by atoms with Crippen LogP contribution in [0.2, 0.25) is 0 Å². The highest BCUT2D eigenvalue weighted by Crippen LogP contribution is 2.12. The Balaban J connectivity index is 4.68. The largest absolute Gasteiger partial charge is 0.357 e. The van der Waals surface area contributed by atoms with Crippen molar-refractivity contribution >= 4 is 5.96 Å². The number of rotatable bonds is 10. The second kappa shape index (κ2) is 11.8. The maximum atomic E-state index is 4.73. The first-order valence-corrected chi connectivity index (χ1v) is 7.95. The van der Waals surface area contributed by atoms with E-state index in [4.69, 9.17) is 4.99 Å². The summed E-state index contributed by atoms with van der Waals surface area (Å²) in [6.45, 7) is 19.4. The van der Waals surface area contributed by atoms with Crippen molar-refractivity contribution in [3.05, 3.63) is 12.7 Å². The highest BCUT2D eigenvalue weighted by molar-refractivity contribution is 5.79. The second-order valence-corrected chi connectivity index (χ2v) is 5.39. The van der Waals surface area contributed by atoms with E-state index in [0.29, 0.717) is 12.0 Å². The number of nitrogens with zero attached hydrogens (tertiary/aromatic N) is 2. The summed E-state index contributed by atoms with van der Waals surface area (Å²) in [5, 5.41) is 6.53. The summed E-state index contributed by atoms with van der Waals surface area (Å²) < 4.78 is 0. The van der Waals surface area contributed by atoms with Gasteiger partial charge in [0, 0.05) is 19.1 Å². The van der Waals surface area contributed by atoms with Gasteiger partial charge in [-0.05, 0) is 32.4 Å². The maximum absolute atomic E-state index is 4.73. The second-order valence-electron chi connectivity index (χ2n) is 5.39. The van der Waals surface area contributed by atoms with Gasteiger partial charge in [0.1, 0.15) is 0 Å². The summed E-state index contributed by atoms with van der Waals surface area (Å²) >= 11 is 0. The van der Waals surface area contributed by atoms with Crippen LogP contribution in [0.15, 0.2) is 17.6 Å². The van der Waals surface area contributed by atoms with E-state index >= 15 is 0 Å². The predicted octanol–water partition coefficient (Wildman–Crippen LogP) is 2.48. The number of nitrogens with one attached hydrogen (secondary N) is 2. The van der Waals surface area contributed by atoms with Crippen LogP contribution < -0.4 is 10.6 Å². The first kappa shape index (κ1) is 19.0. The van der Waals surface area contributed by atoms with E-state index in [2.05, 4.69) is 56.7 Å². The molecule has 1 atom stereocenters. The van der Waals surface area contributed by atoms with Crippen LogP contribution in [-0.4, -0.2) is 49.6 Å². The molecule has 0 aromatic rings. The lowest BCUT2D eigenvalue weighted by molar-refractivity contribution is 0.196. The average molecular weight is 282 g/mol. The highest BCUT2D eigenvalue weighted by atomic mass is 15.2. The van der Waals surface area contributed by atoms with E-state index in [1.54, 1.807) is 0 Å². The standard InChI is InChI=1S/C16H34N4/c1-7-11-18-16(17-8-2)19-13-15(12-14(5)6)20(9-3)10-4/h7,14-15H,1,8-13H2,2-6H3,(H2,17,18,19). The molecule has 4 nitrogen and oxygen atoms in total. The molecule has 0 heterocycles. The normalized spacial score (nSPS) is 13.7. The molecule has 0 saturated heterocycles. The monoisotopic (exact) mass is 282 g/mol. The lowest BCUT2D eigenvalue weighted by Gasteiger charge is -2.30. The Hall–Kier alpha value is -1.03. The summed E-state index contributed by atoms with van der Waals surface area (Å²) in [5.74, 6) is 1.58. The molecule has 0 aliphatic carbocycles. The summed E-state index contributed by atoms with van der Waals surface area (Å²) in [4.78, 5) is 7.23. The zero-order valence-corrected chi connectivity index (χ0v) is 14.1. The van der Waals surface area contributed by atoms with E-state index in [9.17, 15) is 0 Å². The van der Waals surface area contributed by atoms with Crippen molar-refractivity contribution in [1.82, 2.24) is 15.5 Å². The fraction of sp³-hybridized carbons (Fsp3) is 0.812. The molecule has 0 amide bonds. The van der Waals surface area contributed by atoms with Crippen molar-refractivity contribution in [1.29, 1.82) is 0 Å². The van der Waals surface area contributed by atoms with E-state index in [-0.39, 0.29) is 0 Å². The van der Waals surface area contributed by atoms with Gasteiger partial charge in [-0.1, -0.05) is 33.8 Å². The van der Waals surface area contributed by atoms with E-state index in [1.165, 1.54) is 6.42 Å². The number of aliphatic imine (C=N–C) groups is 1. The zero-order chi connectivity index (χ0) is 15.4. The van der Waals surface area contributed by atoms with Crippen LogP contribution in [0.25, 0.3) is 0 Å². The summed E-state index contributed by atoms with van der Waals surface area (Å²) in [5.41, 5.74) is 0. The van der Waals surface area contributed by atoms with Gasteiger partial charge in [-0.2, -0.15) is 0 Å². The van der Waals surface area contributed by atoms with Crippen LogP contribution in [0.3, 0.4) is 0 Å². The van der Waals surface area contributed by atoms with Gasteiger partial charge in [0.15, 0.2) is 5.96 Å². The molecule has 0 saturated carbocycles. The lowest BCUT2D eigenvalue weighted by atomic mass is 10.0. The van der Waals surface area contributed by atoms with Gasteiger partial charge in [0.2, 0.25) is 0 Å². The Morgan fingerprint density at radius 2 is 1.85 bits per heavy atom. The number of guanidine groups is 1. The van der Waals surface area contributed by atoms with Crippen LogP contribution in [0.4, 0.5) is 0 Å². The van der Waals surface area contributed by atoms with Crippen molar-refractivity contribution in [2.45, 2.75) is 47.1 Å². The minimum Gasteiger partial charge on any atom is -0.357 e. The van der Waals surface area contributed by atoms with E-state index < -0.39 is 0 Å². The summed E-state index contributed by atoms with van der Waals surface area (Å²) in [7, 11) is 0. The smallest absolute Gasteiger partial charge is 0.191 e. The van der Waals surface area contributed by atoms with Crippen LogP contribution in [0.1, 0.15) is 41.0 Å². The fourth-order valence-corrected chi connectivity index (χ4v) is 2.33. The highest BCUT2D eigenvalue weighted by Gasteiger charge is 2.16. The fourth-order valence-electron chi connectivity index (χ4n) is 2.33. The van der Waals surface area contributed by atoms with Crippen molar-refractivity contribution in [3.8, 4) is 0 Å². The Morgan fingerprint density at radius 1 is 1.20 bits per heavy atom. The van der Waals surface area contributed by atoms with Gasteiger partial charge < -0.3 is 10.6 Å². The quantitative estimate of drug-likeness (QED) is 0.367. The molecule has 0 aliphatic rings. The molecule has 0 aromatic carbocycles. The molecule has 0 fully saturated rings. The van der Waals surface area contributed by atoms with Crippen LogP contribution in [0.5, 0.6) is 0 Å². The third-order valence-corrected chi connectivity index (χ3v) is 3.29. The Labute approximate surface area is 125 Å². The predicted molar refractivity (Wildman–Crippen MR) is 90.3 cm³/mol. The molecule has 118 valence electrons. The number of hydrogen-bond acceptors (Lipinski definition) is 2. The van der Waals surface area contributed by atoms with Crippen LogP contribution in [0, 0.1) is 5.92 Å². The maximum Gasteiger partial charge on any atom is 0.191 e. The topological polar surface area (TPSA) is 39.7 Å². The van der Waals surface area contributed by atoms with Gasteiger partial charge in [0.05, 0.1) is 6.54 Å². The molecular formula is C16H34N4. The summed E-state index contributed by atoms with van der Waals surface area (Å²) in [6.07, 6.45) is 3.04. The van der Waals surface area contributed by atoms with E-state index in [0.717, 1.165) is 38.7 Å². The van der Waals surface area contributed by atoms with E-state index in [1.807, 2.05) is 6.08 Å². The van der Waals surface area contributed by atoms with Crippen molar-refractivity contribution in [2.24, 2.45) is 10.9 Å². The molecule has 0 aromatic heterocycles. The van der Waals surface area contributed by atoms with Gasteiger partial charge in [-0.3, -0.25) is 9.89 Å². The lowest BCUT2D eigenvalue weighted by Crippen LogP contribution is -2.41. The van der Waals surface area contributed by atoms with Gasteiger partial charge >= 0.3 is 0 Å². The van der Waals surface area contributed by atoms with Gasteiger partial charge in [-0.25, -0.2) is 0 Å². The number of hydrogen-bond donors (Lipinski definition) is 2. The molecule has 0 spiro atoms. The average Bonchev–Trinajstić information content (AvgIpc) is 2.42. The Bertz CT molecular complexity index is 270. The summed E-state index contributed by atoms with van der Waals surface area (Å²) in [6, 6.07) is 0.518. The van der Waals surface area contributed by atoms with Crippen LogP contribution in [-0.2, 0) is 0 Å². The number of likely N-dealkylation sites (N-methyl/N-ethyl adjacent to an activating group) is 1. The molecule has 0 bridgehead atoms. The first-order chi connectivity index (χ1) is 9.58. The molecule has 2 N–H and O–H groups in total. The van der Waals surface area contributed by atoms with Crippen molar-refractivity contribution in [2.75, 3.05) is 32.7 Å². The molecule has 4 heteroatoms. The minimum atomic E-state index is 0.518. The molecule has 0 rings (SSSR count). The third kappa shape index (κ3) is 8.20. The third-order valence-electron chi connectivity index (χ3n) is 3.29. The molecule has 0 radical (unpaired) electrons. The molecular weight excluding hydrogens is 248 g/mol. The molecule has 0 aliphatic heterocycles. The van der Waals surface area contributed by atoms with Crippen molar-refractivity contribution < 1.29 is 0 Å². The molecule has 20 heavy (non-hydrogen) atoms. The first-order valence-electron chi connectivity index (χ1n) is 7.95. The minimum absolute atomic E-state index is 0.518. The molecule has 1 unspecified atom stereocenters. The van der Waals surface area contributed by atoms with Crippen LogP contribution >= 0.6 is 0 Å². The van der Waals surface area contributed by atoms with Crippen molar-refractivity contribution in [3.63, 3.8) is 0 Å². The Morgan fingerprint density at radius 3 is 2.30 bits per heavy atom. The van der Waals surface area contributed by atoms with Gasteiger partial charge in [0.25, 0.3) is 0 Å².